The lowest BCUT2D eigenvalue weighted by Crippen LogP contribution is -2.31. The van der Waals surface area contributed by atoms with E-state index in [4.69, 9.17) is 0 Å². The highest BCUT2D eigenvalue weighted by Crippen LogP contribution is 2.22. The number of piperidine rings is 1. The zero-order chi connectivity index (χ0) is 16.1. The van der Waals surface area contributed by atoms with Gasteiger partial charge in [-0.2, -0.15) is 0 Å². The number of benzene rings is 1. The van der Waals surface area contributed by atoms with Gasteiger partial charge < -0.3 is 4.90 Å². The van der Waals surface area contributed by atoms with E-state index in [0.717, 1.165) is 28.6 Å². The predicted octanol–water partition coefficient (Wildman–Crippen LogP) is 4.34. The Kier molecular flexibility index (Phi) is 5.68. The molecule has 3 nitrogen and oxygen atoms in total. The normalized spacial score (nSPS) is 15.7. The zero-order valence-electron chi connectivity index (χ0n) is 14.1. The fraction of sp³-hybridized carbons (Fsp3) is 0.474. The fourth-order valence-corrected chi connectivity index (χ4v) is 3.74. The second-order valence-corrected chi connectivity index (χ2v) is 7.42. The first-order valence-electron chi connectivity index (χ1n) is 8.49. The molecule has 2 aromatic rings. The molecule has 2 heterocycles. The zero-order valence-corrected chi connectivity index (χ0v) is 14.9. The van der Waals surface area contributed by atoms with Gasteiger partial charge in [-0.3, -0.25) is 0 Å². The molecule has 23 heavy (non-hydrogen) atoms. The number of aryl methyl sites for hydroxylation is 2. The lowest BCUT2D eigenvalue weighted by atomic mass is 10.0. The highest BCUT2D eigenvalue weighted by molar-refractivity contribution is 7.99. The maximum Gasteiger partial charge on any atom is 0.119 e. The summed E-state index contributed by atoms with van der Waals surface area (Å²) in [5.41, 5.74) is 4.70. The van der Waals surface area contributed by atoms with Crippen LogP contribution in [0, 0.1) is 13.8 Å². The lowest BCUT2D eigenvalue weighted by Gasteiger charge is -2.25. The number of rotatable bonds is 5. The van der Waals surface area contributed by atoms with Gasteiger partial charge >= 0.3 is 0 Å². The van der Waals surface area contributed by atoms with Crippen LogP contribution >= 0.6 is 11.8 Å². The van der Waals surface area contributed by atoms with Crippen LogP contribution in [0.1, 0.15) is 30.4 Å². The molecule has 0 N–H and O–H groups in total. The quantitative estimate of drug-likeness (QED) is 0.764. The van der Waals surface area contributed by atoms with Crippen molar-refractivity contribution in [2.24, 2.45) is 0 Å². The molecule has 1 aromatic carbocycles. The first kappa shape index (κ1) is 16.5. The Labute approximate surface area is 143 Å². The Morgan fingerprint density at radius 1 is 0.957 bits per heavy atom. The minimum atomic E-state index is 0.952. The Bertz CT molecular complexity index is 634. The molecule has 0 amide bonds. The minimum absolute atomic E-state index is 0.952. The average Bonchev–Trinajstić information content (AvgIpc) is 2.59. The van der Waals surface area contributed by atoms with Crippen LogP contribution < -0.4 is 0 Å². The summed E-state index contributed by atoms with van der Waals surface area (Å²) in [5.74, 6) is 1.09. The van der Waals surface area contributed by atoms with Crippen molar-refractivity contribution in [1.29, 1.82) is 0 Å². The van der Waals surface area contributed by atoms with E-state index >= 15 is 0 Å². The highest BCUT2D eigenvalue weighted by atomic mass is 32.2. The molecule has 1 saturated heterocycles. The van der Waals surface area contributed by atoms with Gasteiger partial charge in [0.2, 0.25) is 0 Å². The van der Waals surface area contributed by atoms with Gasteiger partial charge in [-0.25, -0.2) is 0 Å². The van der Waals surface area contributed by atoms with E-state index in [9.17, 15) is 0 Å². The van der Waals surface area contributed by atoms with Crippen LogP contribution in [-0.2, 0) is 0 Å². The molecule has 0 bridgehead atoms. The molecule has 0 saturated carbocycles. The van der Waals surface area contributed by atoms with Crippen molar-refractivity contribution in [2.45, 2.75) is 38.1 Å². The van der Waals surface area contributed by atoms with Gasteiger partial charge in [-0.15, -0.1) is 22.0 Å². The van der Waals surface area contributed by atoms with E-state index in [1.165, 1.54) is 43.5 Å². The highest BCUT2D eigenvalue weighted by Gasteiger charge is 2.10. The summed E-state index contributed by atoms with van der Waals surface area (Å²) in [6.45, 7) is 7.95. The SMILES string of the molecule is Cc1ccc(-c2ccc(SCCN3CCCCC3)nn2)cc1C. The van der Waals surface area contributed by atoms with E-state index in [-0.39, 0.29) is 0 Å². The Balaban J connectivity index is 1.55. The molecule has 0 atom stereocenters. The Morgan fingerprint density at radius 3 is 2.48 bits per heavy atom. The van der Waals surface area contributed by atoms with Crippen molar-refractivity contribution in [3.63, 3.8) is 0 Å². The van der Waals surface area contributed by atoms with Crippen molar-refractivity contribution in [2.75, 3.05) is 25.4 Å². The number of nitrogens with zero attached hydrogens (tertiary/aromatic N) is 3. The van der Waals surface area contributed by atoms with Crippen LogP contribution in [0.25, 0.3) is 11.3 Å². The van der Waals surface area contributed by atoms with Crippen molar-refractivity contribution < 1.29 is 0 Å². The molecular weight excluding hydrogens is 302 g/mol. The maximum atomic E-state index is 4.40. The first-order valence-corrected chi connectivity index (χ1v) is 9.47. The molecule has 1 aliphatic rings. The standard InChI is InChI=1S/C19H25N3S/c1-15-6-7-17(14-16(15)2)18-8-9-19(21-20-18)23-13-12-22-10-4-3-5-11-22/h6-9,14H,3-5,10-13H2,1-2H3. The largest absolute Gasteiger partial charge is 0.303 e. The Hall–Kier alpha value is -1.39. The van der Waals surface area contributed by atoms with Gasteiger partial charge in [0.05, 0.1) is 5.69 Å². The summed E-state index contributed by atoms with van der Waals surface area (Å²) in [4.78, 5) is 2.56. The van der Waals surface area contributed by atoms with E-state index in [2.05, 4.69) is 59.3 Å². The van der Waals surface area contributed by atoms with Crippen LogP contribution in [-0.4, -0.2) is 40.5 Å². The van der Waals surface area contributed by atoms with Crippen LogP contribution in [0.3, 0.4) is 0 Å². The predicted molar refractivity (Wildman–Crippen MR) is 98.0 cm³/mol. The topological polar surface area (TPSA) is 29.0 Å². The molecule has 0 spiro atoms. The summed E-state index contributed by atoms with van der Waals surface area (Å²) in [6.07, 6.45) is 4.11. The molecule has 3 rings (SSSR count). The molecule has 1 fully saturated rings. The summed E-state index contributed by atoms with van der Waals surface area (Å²) < 4.78 is 0. The summed E-state index contributed by atoms with van der Waals surface area (Å²) in [5, 5.41) is 9.81. The van der Waals surface area contributed by atoms with E-state index in [0.29, 0.717) is 0 Å². The molecule has 122 valence electrons. The first-order chi connectivity index (χ1) is 11.2. The Morgan fingerprint density at radius 2 is 1.78 bits per heavy atom. The number of thioether (sulfide) groups is 1. The summed E-state index contributed by atoms with van der Waals surface area (Å²) in [6, 6.07) is 10.6. The molecule has 1 aliphatic heterocycles. The van der Waals surface area contributed by atoms with Gasteiger partial charge in [0, 0.05) is 17.9 Å². The van der Waals surface area contributed by atoms with Crippen LogP contribution in [0.5, 0.6) is 0 Å². The number of likely N-dealkylation sites (tertiary alicyclic amines) is 1. The monoisotopic (exact) mass is 327 g/mol. The molecule has 0 unspecified atom stereocenters. The van der Waals surface area contributed by atoms with Crippen LogP contribution in [0.2, 0.25) is 0 Å². The third-order valence-corrected chi connectivity index (χ3v) is 5.45. The van der Waals surface area contributed by atoms with Gasteiger partial charge in [-0.1, -0.05) is 18.6 Å². The van der Waals surface area contributed by atoms with Crippen molar-refractivity contribution in [3.8, 4) is 11.3 Å². The van der Waals surface area contributed by atoms with E-state index < -0.39 is 0 Å². The molecule has 0 radical (unpaired) electrons. The summed E-state index contributed by atoms with van der Waals surface area (Å²) >= 11 is 1.81. The second kappa shape index (κ2) is 7.93. The van der Waals surface area contributed by atoms with Crippen LogP contribution in [0.4, 0.5) is 0 Å². The lowest BCUT2D eigenvalue weighted by molar-refractivity contribution is 0.242. The number of aromatic nitrogens is 2. The van der Waals surface area contributed by atoms with Gasteiger partial charge in [0.15, 0.2) is 0 Å². The fourth-order valence-electron chi connectivity index (χ4n) is 2.91. The number of hydrogen-bond acceptors (Lipinski definition) is 4. The van der Waals surface area contributed by atoms with Crippen LogP contribution in [0.15, 0.2) is 35.4 Å². The van der Waals surface area contributed by atoms with E-state index in [1.807, 2.05) is 11.8 Å². The third-order valence-electron chi connectivity index (χ3n) is 4.55. The second-order valence-electron chi connectivity index (χ2n) is 6.31. The molecule has 4 heteroatoms. The van der Waals surface area contributed by atoms with Gasteiger partial charge in [-0.05, 0) is 69.1 Å². The van der Waals surface area contributed by atoms with Gasteiger partial charge in [0.1, 0.15) is 5.03 Å². The molecule has 1 aromatic heterocycles. The maximum absolute atomic E-state index is 4.40. The molecule has 0 aliphatic carbocycles. The van der Waals surface area contributed by atoms with Crippen molar-refractivity contribution >= 4 is 11.8 Å². The van der Waals surface area contributed by atoms with E-state index in [1.54, 1.807) is 0 Å². The van der Waals surface area contributed by atoms with Gasteiger partial charge in [0.25, 0.3) is 0 Å². The third kappa shape index (κ3) is 4.55. The van der Waals surface area contributed by atoms with Crippen molar-refractivity contribution in [3.05, 3.63) is 41.5 Å². The van der Waals surface area contributed by atoms with Crippen molar-refractivity contribution in [1.82, 2.24) is 15.1 Å². The number of hydrogen-bond donors (Lipinski definition) is 0. The smallest absolute Gasteiger partial charge is 0.119 e. The summed E-state index contributed by atoms with van der Waals surface area (Å²) in [7, 11) is 0. The molecular formula is C19H25N3S. The average molecular weight is 327 g/mol. The minimum Gasteiger partial charge on any atom is -0.303 e.